The van der Waals surface area contributed by atoms with Crippen LogP contribution in [0.1, 0.15) is 12.8 Å². The normalized spacial score (nSPS) is 10.9. The van der Waals surface area contributed by atoms with Crippen LogP contribution in [0.4, 0.5) is 11.6 Å². The molecule has 192 valence electrons. The number of rotatable bonds is 10. The van der Waals surface area contributed by atoms with Gasteiger partial charge in [-0.2, -0.15) is 0 Å². The number of unbranched alkanes of at least 4 members (excludes halogenated alkanes) is 1. The summed E-state index contributed by atoms with van der Waals surface area (Å²) in [6, 6.07) is 25.3. The lowest BCUT2D eigenvalue weighted by Gasteiger charge is -2.12. The van der Waals surface area contributed by atoms with E-state index in [1.165, 1.54) is 0 Å². The minimum Gasteiger partial charge on any atom is -0.497 e. The van der Waals surface area contributed by atoms with Gasteiger partial charge >= 0.3 is 0 Å². The molecule has 0 spiro atoms. The molecule has 2 aromatic heterocycles. The molecular weight excluding hydrogens is 517 g/mol. The number of nitrogens with zero attached hydrogens (tertiary/aromatic N) is 3. The van der Waals surface area contributed by atoms with Crippen LogP contribution in [0.3, 0.4) is 0 Å². The molecule has 0 radical (unpaired) electrons. The fourth-order valence-electron chi connectivity index (χ4n) is 4.15. The maximum atomic E-state index is 6.10. The van der Waals surface area contributed by atoms with Gasteiger partial charge in [-0.25, -0.2) is 9.97 Å². The van der Waals surface area contributed by atoms with Crippen LogP contribution >= 0.6 is 23.2 Å². The van der Waals surface area contributed by atoms with Gasteiger partial charge in [0.15, 0.2) is 0 Å². The zero-order valence-electron chi connectivity index (χ0n) is 20.9. The maximum absolute atomic E-state index is 6.10. The topological polar surface area (TPSA) is 72.0 Å². The Bertz CT molecular complexity index is 1530. The van der Waals surface area contributed by atoms with Gasteiger partial charge in [0.2, 0.25) is 5.95 Å². The van der Waals surface area contributed by atoms with Gasteiger partial charge in [-0.15, -0.1) is 0 Å². The summed E-state index contributed by atoms with van der Waals surface area (Å²) < 4.78 is 5.30. The first kappa shape index (κ1) is 25.8. The second-order valence-electron chi connectivity index (χ2n) is 8.78. The number of nitrogens with one attached hydrogen (secondary N) is 2. The van der Waals surface area contributed by atoms with E-state index in [0.29, 0.717) is 16.0 Å². The molecule has 0 saturated carbocycles. The summed E-state index contributed by atoms with van der Waals surface area (Å²) in [5.41, 5.74) is 5.57. The van der Waals surface area contributed by atoms with E-state index in [2.05, 4.69) is 15.6 Å². The maximum Gasteiger partial charge on any atom is 0.223 e. The number of hydrogen-bond donors (Lipinski definition) is 2. The molecule has 38 heavy (non-hydrogen) atoms. The Morgan fingerprint density at radius 2 is 1.34 bits per heavy atom. The van der Waals surface area contributed by atoms with Crippen LogP contribution in [0.2, 0.25) is 10.0 Å². The number of methoxy groups -OCH3 is 1. The lowest BCUT2D eigenvalue weighted by atomic mass is 10.1. The van der Waals surface area contributed by atoms with Crippen molar-refractivity contribution >= 4 is 45.7 Å². The molecule has 5 aromatic rings. The summed E-state index contributed by atoms with van der Waals surface area (Å²) in [5.74, 6) is 1.39. The van der Waals surface area contributed by atoms with E-state index < -0.39 is 0 Å². The zero-order chi connectivity index (χ0) is 26.3. The quantitative estimate of drug-likeness (QED) is 0.174. The van der Waals surface area contributed by atoms with E-state index in [1.54, 1.807) is 13.3 Å². The summed E-state index contributed by atoms with van der Waals surface area (Å²) in [7, 11) is 1.66. The average molecular weight is 544 g/mol. The molecular formula is C30H27Cl2N5O. The number of pyridine rings is 1. The first-order chi connectivity index (χ1) is 18.6. The van der Waals surface area contributed by atoms with Gasteiger partial charge in [-0.1, -0.05) is 35.3 Å². The van der Waals surface area contributed by atoms with Crippen molar-refractivity contribution in [3.8, 4) is 28.3 Å². The Kier molecular flexibility index (Phi) is 8.22. The number of anilines is 2. The van der Waals surface area contributed by atoms with Gasteiger partial charge in [-0.05, 0) is 79.6 Å². The first-order valence-electron chi connectivity index (χ1n) is 12.4. The summed E-state index contributed by atoms with van der Waals surface area (Å²) in [6.45, 7) is 1.59. The fourth-order valence-corrected chi connectivity index (χ4v) is 4.45. The Balaban J connectivity index is 1.24. The van der Waals surface area contributed by atoms with Crippen LogP contribution in [0.5, 0.6) is 5.75 Å². The van der Waals surface area contributed by atoms with Crippen molar-refractivity contribution in [3.05, 3.63) is 95.1 Å². The minimum absolute atomic E-state index is 0.591. The van der Waals surface area contributed by atoms with Crippen LogP contribution in [-0.4, -0.2) is 35.2 Å². The predicted molar refractivity (Wildman–Crippen MR) is 157 cm³/mol. The summed E-state index contributed by atoms with van der Waals surface area (Å²) in [5, 5.41) is 9.36. The van der Waals surface area contributed by atoms with Crippen LogP contribution in [0, 0.1) is 0 Å². The Labute approximate surface area is 232 Å². The largest absolute Gasteiger partial charge is 0.497 e. The standard InChI is InChI=1S/C30H27Cl2N5O/c1-38-24-11-6-21(7-12-24)28-19-27(20-4-8-22(31)9-5-20)36-30(37-28)35-16-3-2-15-33-26-14-17-34-29-18-23(32)10-13-25(26)29/h4-14,17-19H,2-3,15-16H2,1H3,(H,33,34)(H,35,36,37). The van der Waals surface area contributed by atoms with Gasteiger partial charge in [0.05, 0.1) is 24.0 Å². The third-order valence-electron chi connectivity index (χ3n) is 6.16. The number of benzene rings is 3. The van der Waals surface area contributed by atoms with Crippen molar-refractivity contribution in [2.24, 2.45) is 0 Å². The molecule has 2 N–H and O–H groups in total. The molecule has 0 aliphatic heterocycles. The smallest absolute Gasteiger partial charge is 0.223 e. The molecule has 0 atom stereocenters. The highest BCUT2D eigenvalue weighted by molar-refractivity contribution is 6.31. The lowest BCUT2D eigenvalue weighted by molar-refractivity contribution is 0.415. The highest BCUT2D eigenvalue weighted by Gasteiger charge is 2.10. The van der Waals surface area contributed by atoms with Crippen molar-refractivity contribution in [1.29, 1.82) is 0 Å². The molecule has 0 amide bonds. The van der Waals surface area contributed by atoms with Crippen molar-refractivity contribution in [2.45, 2.75) is 12.8 Å². The van der Waals surface area contributed by atoms with Crippen LogP contribution < -0.4 is 15.4 Å². The van der Waals surface area contributed by atoms with E-state index >= 15 is 0 Å². The highest BCUT2D eigenvalue weighted by atomic mass is 35.5. The molecule has 8 heteroatoms. The van der Waals surface area contributed by atoms with Crippen molar-refractivity contribution < 1.29 is 4.74 Å². The summed E-state index contributed by atoms with van der Waals surface area (Å²) in [4.78, 5) is 14.0. The third-order valence-corrected chi connectivity index (χ3v) is 6.65. The lowest BCUT2D eigenvalue weighted by Crippen LogP contribution is -2.09. The third kappa shape index (κ3) is 6.33. The van der Waals surface area contributed by atoms with Crippen LogP contribution in [0.25, 0.3) is 33.4 Å². The van der Waals surface area contributed by atoms with Gasteiger partial charge in [0.25, 0.3) is 0 Å². The van der Waals surface area contributed by atoms with E-state index in [-0.39, 0.29) is 0 Å². The average Bonchev–Trinajstić information content (AvgIpc) is 2.95. The molecule has 5 rings (SSSR count). The second-order valence-corrected chi connectivity index (χ2v) is 9.65. The van der Waals surface area contributed by atoms with E-state index in [1.807, 2.05) is 78.9 Å². The summed E-state index contributed by atoms with van der Waals surface area (Å²) in [6.07, 6.45) is 3.73. The SMILES string of the molecule is COc1ccc(-c2cc(-c3ccc(Cl)cc3)nc(NCCCCNc3ccnc4cc(Cl)ccc34)n2)cc1. The number of halogens is 2. The molecule has 0 bridgehead atoms. The summed E-state index contributed by atoms with van der Waals surface area (Å²) >= 11 is 12.2. The van der Waals surface area contributed by atoms with Gasteiger partial charge < -0.3 is 15.4 Å². The van der Waals surface area contributed by atoms with Gasteiger partial charge in [0, 0.05) is 51.5 Å². The minimum atomic E-state index is 0.591. The van der Waals surface area contributed by atoms with E-state index in [9.17, 15) is 0 Å². The van der Waals surface area contributed by atoms with Gasteiger partial charge in [0.1, 0.15) is 5.75 Å². The number of ether oxygens (including phenoxy) is 1. The number of fused-ring (bicyclic) bond motifs is 1. The molecule has 0 fully saturated rings. The first-order valence-corrected chi connectivity index (χ1v) is 13.2. The Morgan fingerprint density at radius 3 is 2.03 bits per heavy atom. The van der Waals surface area contributed by atoms with Crippen LogP contribution in [0.15, 0.2) is 85.1 Å². The predicted octanol–water partition coefficient (Wildman–Crippen LogP) is 7.98. The molecule has 6 nitrogen and oxygen atoms in total. The molecule has 0 aliphatic rings. The van der Waals surface area contributed by atoms with Crippen LogP contribution in [-0.2, 0) is 0 Å². The van der Waals surface area contributed by atoms with E-state index in [0.717, 1.165) is 70.8 Å². The van der Waals surface area contributed by atoms with Crippen molar-refractivity contribution in [2.75, 3.05) is 30.8 Å². The van der Waals surface area contributed by atoms with Crippen molar-refractivity contribution in [3.63, 3.8) is 0 Å². The fraction of sp³-hybridized carbons (Fsp3) is 0.167. The molecule has 0 saturated heterocycles. The molecule has 0 aliphatic carbocycles. The monoisotopic (exact) mass is 543 g/mol. The molecule has 3 aromatic carbocycles. The molecule has 2 heterocycles. The Morgan fingerprint density at radius 1 is 0.711 bits per heavy atom. The Hall–Kier alpha value is -3.87. The van der Waals surface area contributed by atoms with Gasteiger partial charge in [-0.3, -0.25) is 4.98 Å². The van der Waals surface area contributed by atoms with E-state index in [4.69, 9.17) is 37.9 Å². The molecule has 0 unspecified atom stereocenters. The second kappa shape index (κ2) is 12.1. The number of hydrogen-bond acceptors (Lipinski definition) is 6. The zero-order valence-corrected chi connectivity index (χ0v) is 22.4. The number of aromatic nitrogens is 3. The highest BCUT2D eigenvalue weighted by Crippen LogP contribution is 2.28. The van der Waals surface area contributed by atoms with Crippen molar-refractivity contribution in [1.82, 2.24) is 15.0 Å².